The van der Waals surface area contributed by atoms with Crippen LogP contribution in [-0.2, 0) is 0 Å². The molecule has 1 saturated heterocycles. The van der Waals surface area contributed by atoms with E-state index in [-0.39, 0.29) is 11.9 Å². The summed E-state index contributed by atoms with van der Waals surface area (Å²) in [6.07, 6.45) is 1.03. The van der Waals surface area contributed by atoms with Gasteiger partial charge in [0.2, 0.25) is 5.82 Å². The number of H-pyrrole nitrogens is 1. The Morgan fingerprint density at radius 1 is 1.42 bits per heavy atom. The van der Waals surface area contributed by atoms with Crippen LogP contribution < -0.4 is 5.32 Å². The molecule has 0 bridgehead atoms. The summed E-state index contributed by atoms with van der Waals surface area (Å²) in [4.78, 5) is 12.3. The van der Waals surface area contributed by atoms with Crippen molar-refractivity contribution < 1.29 is 4.79 Å². The van der Waals surface area contributed by atoms with E-state index in [1.54, 1.807) is 6.07 Å². The zero-order valence-electron chi connectivity index (χ0n) is 10.2. The van der Waals surface area contributed by atoms with Gasteiger partial charge < -0.3 is 5.32 Å². The van der Waals surface area contributed by atoms with E-state index in [1.165, 1.54) is 0 Å². The van der Waals surface area contributed by atoms with E-state index < -0.39 is 0 Å². The van der Waals surface area contributed by atoms with Crippen molar-refractivity contribution in [3.8, 4) is 11.4 Å². The van der Waals surface area contributed by atoms with Crippen molar-refractivity contribution in [2.45, 2.75) is 12.5 Å². The predicted octanol–water partition coefficient (Wildman–Crippen LogP) is 1.10. The second-order valence-corrected chi connectivity index (χ2v) is 5.46. The summed E-state index contributed by atoms with van der Waals surface area (Å²) < 4.78 is 0. The smallest absolute Gasteiger partial charge is 0.252 e. The van der Waals surface area contributed by atoms with E-state index in [2.05, 4.69) is 25.9 Å². The number of hydrogen-bond donors (Lipinski definition) is 2. The second-order valence-electron chi connectivity index (χ2n) is 4.31. The van der Waals surface area contributed by atoms with Crippen LogP contribution in [0.1, 0.15) is 16.8 Å². The number of hydrogen-bond acceptors (Lipinski definition) is 5. The highest BCUT2D eigenvalue weighted by Crippen LogP contribution is 2.21. The first-order chi connectivity index (χ1) is 9.34. The molecule has 0 saturated carbocycles. The quantitative estimate of drug-likeness (QED) is 0.876. The van der Waals surface area contributed by atoms with Gasteiger partial charge in [-0.25, -0.2) is 0 Å². The molecule has 1 atom stereocenters. The van der Waals surface area contributed by atoms with E-state index in [4.69, 9.17) is 0 Å². The molecule has 2 N–H and O–H groups in total. The van der Waals surface area contributed by atoms with Crippen molar-refractivity contribution in [2.75, 3.05) is 11.5 Å². The summed E-state index contributed by atoms with van der Waals surface area (Å²) in [5.41, 5.74) is 1.28. The minimum Gasteiger partial charge on any atom is -0.348 e. The third-order valence-electron chi connectivity index (χ3n) is 3.02. The largest absolute Gasteiger partial charge is 0.348 e. The van der Waals surface area contributed by atoms with Gasteiger partial charge in [0, 0.05) is 17.4 Å². The number of aromatic nitrogens is 4. The van der Waals surface area contributed by atoms with Crippen molar-refractivity contribution in [1.29, 1.82) is 0 Å². The highest BCUT2D eigenvalue weighted by Gasteiger charge is 2.21. The van der Waals surface area contributed by atoms with Gasteiger partial charge >= 0.3 is 0 Å². The highest BCUT2D eigenvalue weighted by atomic mass is 32.2. The van der Waals surface area contributed by atoms with E-state index in [0.717, 1.165) is 17.9 Å². The lowest BCUT2D eigenvalue weighted by Crippen LogP contribution is -2.34. The number of carbonyl (C=O) groups excluding carboxylic acids is 1. The molecule has 2 aromatic rings. The van der Waals surface area contributed by atoms with Crippen LogP contribution in [-0.4, -0.2) is 44.1 Å². The molecule has 1 amide bonds. The molecule has 6 nitrogen and oxygen atoms in total. The fourth-order valence-electron chi connectivity index (χ4n) is 2.06. The molecule has 1 aliphatic heterocycles. The van der Waals surface area contributed by atoms with Crippen molar-refractivity contribution in [3.63, 3.8) is 0 Å². The van der Waals surface area contributed by atoms with Crippen LogP contribution in [0.15, 0.2) is 24.3 Å². The molecule has 1 aliphatic rings. The van der Waals surface area contributed by atoms with Gasteiger partial charge in [-0.3, -0.25) is 4.79 Å². The first-order valence-electron chi connectivity index (χ1n) is 6.06. The number of nitrogens with zero attached hydrogens (tertiary/aromatic N) is 3. The van der Waals surface area contributed by atoms with Crippen LogP contribution in [0.3, 0.4) is 0 Å². The maximum Gasteiger partial charge on any atom is 0.252 e. The number of benzene rings is 1. The Balaban J connectivity index is 1.85. The minimum absolute atomic E-state index is 0.0760. The topological polar surface area (TPSA) is 83.6 Å². The van der Waals surface area contributed by atoms with Crippen LogP contribution in [0.25, 0.3) is 11.4 Å². The van der Waals surface area contributed by atoms with Crippen molar-refractivity contribution >= 4 is 17.7 Å². The third-order valence-corrected chi connectivity index (χ3v) is 4.19. The lowest BCUT2D eigenvalue weighted by Gasteiger charge is -2.12. The molecule has 1 unspecified atom stereocenters. The van der Waals surface area contributed by atoms with Gasteiger partial charge in [-0.15, -0.1) is 10.2 Å². The molecule has 1 aromatic heterocycles. The first-order valence-corrected chi connectivity index (χ1v) is 7.21. The number of tetrazole rings is 1. The van der Waals surface area contributed by atoms with Crippen LogP contribution in [0.2, 0.25) is 0 Å². The van der Waals surface area contributed by atoms with E-state index >= 15 is 0 Å². The zero-order valence-corrected chi connectivity index (χ0v) is 11.0. The van der Waals surface area contributed by atoms with Gasteiger partial charge in [-0.2, -0.15) is 17.0 Å². The molecule has 19 heavy (non-hydrogen) atoms. The fourth-order valence-corrected chi connectivity index (χ4v) is 3.22. The predicted molar refractivity (Wildman–Crippen MR) is 72.8 cm³/mol. The number of thioether (sulfide) groups is 1. The summed E-state index contributed by atoms with van der Waals surface area (Å²) in [5, 5.41) is 16.8. The van der Waals surface area contributed by atoms with E-state index in [9.17, 15) is 4.79 Å². The van der Waals surface area contributed by atoms with Crippen molar-refractivity contribution in [3.05, 3.63) is 29.8 Å². The molecule has 3 rings (SSSR count). The van der Waals surface area contributed by atoms with Gasteiger partial charge in [-0.1, -0.05) is 18.2 Å². The van der Waals surface area contributed by atoms with Crippen LogP contribution in [0, 0.1) is 0 Å². The van der Waals surface area contributed by atoms with Crippen LogP contribution >= 0.6 is 11.8 Å². The summed E-state index contributed by atoms with van der Waals surface area (Å²) in [6.45, 7) is 0. The second kappa shape index (κ2) is 5.40. The highest BCUT2D eigenvalue weighted by molar-refractivity contribution is 7.99. The number of amides is 1. The summed E-state index contributed by atoms with van der Waals surface area (Å²) >= 11 is 1.87. The Kier molecular flexibility index (Phi) is 3.45. The summed E-state index contributed by atoms with van der Waals surface area (Å²) in [7, 11) is 0. The molecule has 0 radical (unpaired) electrons. The third kappa shape index (κ3) is 2.60. The standard InChI is InChI=1S/C12H13N5OS/c18-12(13-8-5-6-19-7-8)10-4-2-1-3-9(10)11-14-16-17-15-11/h1-4,8H,5-7H2,(H,13,18)(H,14,15,16,17). The normalized spacial score (nSPS) is 18.4. The molecule has 1 fully saturated rings. The number of rotatable bonds is 3. The van der Waals surface area contributed by atoms with E-state index in [1.807, 2.05) is 30.0 Å². The molecule has 98 valence electrons. The van der Waals surface area contributed by atoms with E-state index in [0.29, 0.717) is 17.0 Å². The SMILES string of the molecule is O=C(NC1CCSC1)c1ccccc1-c1nn[nH]n1. The van der Waals surface area contributed by atoms with Crippen LogP contribution in [0.5, 0.6) is 0 Å². The molecule has 2 heterocycles. The number of carbonyl (C=O) groups is 1. The maximum atomic E-state index is 12.3. The maximum absolute atomic E-state index is 12.3. The van der Waals surface area contributed by atoms with Crippen molar-refractivity contribution in [2.24, 2.45) is 0 Å². The van der Waals surface area contributed by atoms with Crippen LogP contribution in [0.4, 0.5) is 0 Å². The summed E-state index contributed by atoms with van der Waals surface area (Å²) in [6, 6.07) is 7.55. The van der Waals surface area contributed by atoms with Crippen molar-refractivity contribution in [1.82, 2.24) is 25.9 Å². The molecular weight excluding hydrogens is 262 g/mol. The summed E-state index contributed by atoms with van der Waals surface area (Å²) in [5.74, 6) is 2.45. The Morgan fingerprint density at radius 2 is 2.32 bits per heavy atom. The van der Waals surface area contributed by atoms with Gasteiger partial charge in [0.05, 0.1) is 5.56 Å². The van der Waals surface area contributed by atoms with Gasteiger partial charge in [0.25, 0.3) is 5.91 Å². The number of nitrogens with one attached hydrogen (secondary N) is 2. The zero-order chi connectivity index (χ0) is 13.1. The Labute approximate surface area is 114 Å². The Hall–Kier alpha value is -1.89. The number of aromatic amines is 1. The van der Waals surface area contributed by atoms with Gasteiger partial charge in [0.15, 0.2) is 0 Å². The molecule has 1 aromatic carbocycles. The molecule has 0 aliphatic carbocycles. The molecular formula is C12H13N5OS. The molecule has 0 spiro atoms. The Bertz CT molecular complexity index is 565. The lowest BCUT2D eigenvalue weighted by molar-refractivity contribution is 0.0942. The fraction of sp³-hybridized carbons (Fsp3) is 0.333. The lowest BCUT2D eigenvalue weighted by atomic mass is 10.1. The van der Waals surface area contributed by atoms with Gasteiger partial charge in [0.1, 0.15) is 0 Å². The average Bonchev–Trinajstić information content (AvgIpc) is 3.11. The minimum atomic E-state index is -0.0760. The Morgan fingerprint density at radius 3 is 3.05 bits per heavy atom. The molecule has 7 heteroatoms. The first kappa shape index (κ1) is 12.2. The van der Waals surface area contributed by atoms with Gasteiger partial charge in [-0.05, 0) is 23.5 Å². The monoisotopic (exact) mass is 275 g/mol. The average molecular weight is 275 g/mol.